The van der Waals surface area contributed by atoms with Gasteiger partial charge in [-0.05, 0) is 17.2 Å². The van der Waals surface area contributed by atoms with Crippen molar-refractivity contribution in [3.63, 3.8) is 0 Å². The van der Waals surface area contributed by atoms with Crippen LogP contribution in [0.2, 0.25) is 0 Å². The van der Waals surface area contributed by atoms with Gasteiger partial charge < -0.3 is 15.0 Å². The highest BCUT2D eigenvalue weighted by Gasteiger charge is 2.40. The monoisotopic (exact) mass is 421 g/mol. The van der Waals surface area contributed by atoms with E-state index in [1.54, 1.807) is 4.90 Å². The first kappa shape index (κ1) is 21.1. The zero-order valence-electron chi connectivity index (χ0n) is 17.4. The maximum absolute atomic E-state index is 12.4. The van der Waals surface area contributed by atoms with Crippen LogP contribution in [0.3, 0.4) is 0 Å². The molecule has 1 saturated heterocycles. The van der Waals surface area contributed by atoms with Gasteiger partial charge >= 0.3 is 0 Å². The third-order valence-corrected chi connectivity index (χ3v) is 5.61. The summed E-state index contributed by atoms with van der Waals surface area (Å²) in [6.45, 7) is 2.05. The second-order valence-corrected chi connectivity index (χ2v) is 7.85. The quantitative estimate of drug-likeness (QED) is 0.717. The number of carbonyl (C=O) groups excluding carboxylic acids is 2. The lowest BCUT2D eigenvalue weighted by Crippen LogP contribution is -2.47. The standard InChI is InChI=1S/C24H27N3O4/c28-22(18-30-17-20-9-5-2-6-10-20)27-13-11-24(12-14-27)15-21(26-31-24)23(29)25-16-19-7-3-1-4-8-19/h1-10,15,26H,11-14,16-18H2,(H,25,29). The van der Waals surface area contributed by atoms with Gasteiger partial charge in [0, 0.05) is 32.5 Å². The fourth-order valence-corrected chi connectivity index (χ4v) is 3.77. The van der Waals surface area contributed by atoms with Crippen molar-refractivity contribution < 1.29 is 19.2 Å². The number of benzene rings is 2. The third-order valence-electron chi connectivity index (χ3n) is 5.61. The molecule has 0 atom stereocenters. The summed E-state index contributed by atoms with van der Waals surface area (Å²) < 4.78 is 5.56. The van der Waals surface area contributed by atoms with E-state index in [2.05, 4.69) is 10.8 Å². The van der Waals surface area contributed by atoms with Crippen LogP contribution in [0.25, 0.3) is 0 Å². The average molecular weight is 421 g/mol. The largest absolute Gasteiger partial charge is 0.367 e. The Morgan fingerprint density at radius 2 is 1.65 bits per heavy atom. The van der Waals surface area contributed by atoms with Crippen LogP contribution in [-0.4, -0.2) is 42.0 Å². The van der Waals surface area contributed by atoms with Crippen molar-refractivity contribution >= 4 is 11.8 Å². The van der Waals surface area contributed by atoms with Gasteiger partial charge in [0.25, 0.3) is 5.91 Å². The molecular weight excluding hydrogens is 394 g/mol. The van der Waals surface area contributed by atoms with E-state index in [9.17, 15) is 9.59 Å². The van der Waals surface area contributed by atoms with E-state index in [1.165, 1.54) is 0 Å². The summed E-state index contributed by atoms with van der Waals surface area (Å²) in [6.07, 6.45) is 3.10. The number of nitrogens with one attached hydrogen (secondary N) is 2. The Balaban J connectivity index is 1.22. The van der Waals surface area contributed by atoms with Gasteiger partial charge in [0.1, 0.15) is 17.9 Å². The van der Waals surface area contributed by atoms with Gasteiger partial charge in [0.2, 0.25) is 5.91 Å². The Hall–Kier alpha value is -3.16. The molecule has 4 rings (SSSR count). The molecule has 2 aromatic rings. The molecule has 162 valence electrons. The van der Waals surface area contributed by atoms with Crippen LogP contribution in [0.15, 0.2) is 72.4 Å². The van der Waals surface area contributed by atoms with Gasteiger partial charge in [-0.25, -0.2) is 0 Å². The molecule has 0 bridgehead atoms. The summed E-state index contributed by atoms with van der Waals surface area (Å²) in [6, 6.07) is 19.5. The number of ether oxygens (including phenoxy) is 1. The van der Waals surface area contributed by atoms with E-state index in [-0.39, 0.29) is 18.4 Å². The number of hydrogen-bond donors (Lipinski definition) is 2. The highest BCUT2D eigenvalue weighted by molar-refractivity contribution is 5.93. The maximum atomic E-state index is 12.4. The summed E-state index contributed by atoms with van der Waals surface area (Å²) in [4.78, 5) is 32.5. The number of carbonyl (C=O) groups is 2. The van der Waals surface area contributed by atoms with Gasteiger partial charge in [-0.1, -0.05) is 60.7 Å². The molecule has 2 aliphatic heterocycles. The molecule has 2 aliphatic rings. The van der Waals surface area contributed by atoms with Crippen molar-refractivity contribution in [2.24, 2.45) is 0 Å². The zero-order chi connectivity index (χ0) is 21.5. The van der Waals surface area contributed by atoms with Gasteiger partial charge in [-0.15, -0.1) is 0 Å². The molecule has 7 heteroatoms. The first-order valence-electron chi connectivity index (χ1n) is 10.5. The van der Waals surface area contributed by atoms with E-state index in [1.807, 2.05) is 66.7 Å². The Labute approximate surface area is 182 Å². The molecule has 0 aliphatic carbocycles. The predicted octanol–water partition coefficient (Wildman–Crippen LogP) is 2.30. The Morgan fingerprint density at radius 3 is 2.32 bits per heavy atom. The van der Waals surface area contributed by atoms with E-state index >= 15 is 0 Å². The first-order valence-corrected chi connectivity index (χ1v) is 10.5. The lowest BCUT2D eigenvalue weighted by Gasteiger charge is -2.36. The summed E-state index contributed by atoms with van der Waals surface area (Å²) >= 11 is 0. The highest BCUT2D eigenvalue weighted by Crippen LogP contribution is 2.31. The highest BCUT2D eigenvalue weighted by atomic mass is 16.7. The SMILES string of the molecule is O=C(NCc1ccccc1)C1=CC2(CCN(C(=O)COCc3ccccc3)CC2)ON1. The molecule has 0 saturated carbocycles. The summed E-state index contributed by atoms with van der Waals surface area (Å²) in [5.74, 6) is -0.227. The molecular formula is C24H27N3O4. The van der Waals surface area contributed by atoms with Crippen LogP contribution < -0.4 is 10.8 Å². The van der Waals surface area contributed by atoms with Crippen molar-refractivity contribution in [2.45, 2.75) is 31.6 Å². The lowest BCUT2D eigenvalue weighted by molar-refractivity contribution is -0.142. The number of amides is 2. The smallest absolute Gasteiger partial charge is 0.269 e. The van der Waals surface area contributed by atoms with Crippen LogP contribution in [0.5, 0.6) is 0 Å². The number of likely N-dealkylation sites (tertiary alicyclic amines) is 1. The minimum Gasteiger partial charge on any atom is -0.367 e. The number of hydroxylamine groups is 1. The molecule has 2 amide bonds. The summed E-state index contributed by atoms with van der Waals surface area (Å²) in [5, 5.41) is 2.90. The van der Waals surface area contributed by atoms with E-state index in [0.717, 1.165) is 11.1 Å². The summed E-state index contributed by atoms with van der Waals surface area (Å²) in [5.41, 5.74) is 4.71. The van der Waals surface area contributed by atoms with Crippen LogP contribution in [0.4, 0.5) is 0 Å². The molecule has 2 N–H and O–H groups in total. The van der Waals surface area contributed by atoms with E-state index in [0.29, 0.717) is 44.8 Å². The first-order chi connectivity index (χ1) is 15.1. The number of rotatable bonds is 7. The third kappa shape index (κ3) is 5.51. The van der Waals surface area contributed by atoms with Crippen LogP contribution >= 0.6 is 0 Å². The van der Waals surface area contributed by atoms with Crippen LogP contribution in [-0.2, 0) is 32.3 Å². The molecule has 0 radical (unpaired) electrons. The fourth-order valence-electron chi connectivity index (χ4n) is 3.77. The van der Waals surface area contributed by atoms with E-state index < -0.39 is 5.60 Å². The van der Waals surface area contributed by atoms with Crippen molar-refractivity contribution in [3.05, 3.63) is 83.6 Å². The van der Waals surface area contributed by atoms with Crippen molar-refractivity contribution in [2.75, 3.05) is 19.7 Å². The fraction of sp³-hybridized carbons (Fsp3) is 0.333. The average Bonchev–Trinajstić information content (AvgIpc) is 3.23. The van der Waals surface area contributed by atoms with Gasteiger partial charge in [-0.2, -0.15) is 0 Å². The van der Waals surface area contributed by atoms with Crippen molar-refractivity contribution in [3.8, 4) is 0 Å². The topological polar surface area (TPSA) is 79.9 Å². The number of nitrogens with zero attached hydrogens (tertiary/aromatic N) is 1. The second-order valence-electron chi connectivity index (χ2n) is 7.85. The molecule has 0 aromatic heterocycles. The minimum atomic E-state index is -0.554. The molecule has 1 fully saturated rings. The molecule has 7 nitrogen and oxygen atoms in total. The maximum Gasteiger partial charge on any atom is 0.269 e. The Bertz CT molecular complexity index is 922. The van der Waals surface area contributed by atoms with Crippen molar-refractivity contribution in [1.82, 2.24) is 15.7 Å². The predicted molar refractivity (Wildman–Crippen MR) is 115 cm³/mol. The normalized spacial score (nSPS) is 17.2. The minimum absolute atomic E-state index is 0.0263. The Kier molecular flexibility index (Phi) is 6.64. The van der Waals surface area contributed by atoms with Crippen molar-refractivity contribution in [1.29, 1.82) is 0 Å². The summed E-state index contributed by atoms with van der Waals surface area (Å²) in [7, 11) is 0. The van der Waals surface area contributed by atoms with Crippen LogP contribution in [0.1, 0.15) is 24.0 Å². The molecule has 2 heterocycles. The second kappa shape index (κ2) is 9.76. The van der Waals surface area contributed by atoms with Gasteiger partial charge in [0.05, 0.1) is 6.61 Å². The molecule has 2 aromatic carbocycles. The van der Waals surface area contributed by atoms with Crippen LogP contribution in [0, 0.1) is 0 Å². The number of hydrogen-bond acceptors (Lipinski definition) is 5. The molecule has 1 spiro atoms. The zero-order valence-corrected chi connectivity index (χ0v) is 17.4. The molecule has 31 heavy (non-hydrogen) atoms. The lowest BCUT2D eigenvalue weighted by atomic mass is 9.91. The Morgan fingerprint density at radius 1 is 1.00 bits per heavy atom. The van der Waals surface area contributed by atoms with Gasteiger partial charge in [-0.3, -0.25) is 19.9 Å². The molecule has 0 unspecified atom stereocenters. The van der Waals surface area contributed by atoms with Gasteiger partial charge in [0.15, 0.2) is 0 Å². The van der Waals surface area contributed by atoms with E-state index in [4.69, 9.17) is 9.57 Å². The number of piperidine rings is 1.